The Kier molecular flexibility index (Phi) is 6.74. The van der Waals surface area contributed by atoms with Crippen molar-refractivity contribution in [3.63, 3.8) is 0 Å². The molecule has 0 unspecified atom stereocenters. The van der Waals surface area contributed by atoms with E-state index in [0.717, 1.165) is 5.56 Å². The summed E-state index contributed by atoms with van der Waals surface area (Å²) in [6, 6.07) is 16.3. The van der Waals surface area contributed by atoms with Crippen molar-refractivity contribution in [3.8, 4) is 23.0 Å². The summed E-state index contributed by atoms with van der Waals surface area (Å²) in [4.78, 5) is 15.2. The van der Waals surface area contributed by atoms with E-state index in [9.17, 15) is 18.0 Å². The maximum Gasteiger partial charge on any atom is 0.453 e. The third-order valence-corrected chi connectivity index (χ3v) is 6.41. The monoisotopic (exact) mass is 531 g/mol. The van der Waals surface area contributed by atoms with Gasteiger partial charge in [-0.05, 0) is 42.3 Å². The predicted molar refractivity (Wildman–Crippen MR) is 132 cm³/mol. The average molecular weight is 532 g/mol. The maximum atomic E-state index is 14.1. The molecule has 1 aliphatic rings. The lowest BCUT2D eigenvalue weighted by molar-refractivity contribution is -0.154. The summed E-state index contributed by atoms with van der Waals surface area (Å²) >= 11 is 6.24. The van der Waals surface area contributed by atoms with E-state index in [1.807, 2.05) is 23.1 Å². The van der Waals surface area contributed by atoms with Crippen LogP contribution in [0.4, 0.5) is 13.2 Å². The lowest BCUT2D eigenvalue weighted by atomic mass is 10.1. The first-order valence-electron chi connectivity index (χ1n) is 11.3. The zero-order valence-electron chi connectivity index (χ0n) is 19.6. The summed E-state index contributed by atoms with van der Waals surface area (Å²) in [6.45, 7) is 0.997. The number of alkyl halides is 3. The fraction of sp³-hybridized carbons (Fsp3) is 0.222. The number of fused-ring (bicyclic) bond motifs is 3. The standard InChI is InChI=1S/C27H21ClF3NO5/c1-34-17-6-4-7-18(13-17)36-25-23(33)19-9-10-22-20(24(19)37-26(25)27(29,30)31)14-32(15-35-22)12-11-16-5-2-3-8-21(16)28/h2-10,13H,11-12,14-15H2,1H3. The van der Waals surface area contributed by atoms with Gasteiger partial charge in [-0.15, -0.1) is 0 Å². The van der Waals surface area contributed by atoms with Crippen molar-refractivity contribution >= 4 is 22.6 Å². The first-order valence-corrected chi connectivity index (χ1v) is 11.7. The summed E-state index contributed by atoms with van der Waals surface area (Å²) in [6.07, 6.45) is -4.37. The van der Waals surface area contributed by atoms with Gasteiger partial charge in [0.25, 0.3) is 5.76 Å². The highest BCUT2D eigenvalue weighted by atomic mass is 35.5. The van der Waals surface area contributed by atoms with Crippen LogP contribution < -0.4 is 19.6 Å². The zero-order valence-corrected chi connectivity index (χ0v) is 20.4. The Morgan fingerprint density at radius 1 is 1.05 bits per heavy atom. The minimum absolute atomic E-state index is 0.00328. The van der Waals surface area contributed by atoms with E-state index in [1.165, 1.54) is 31.4 Å². The fourth-order valence-corrected chi connectivity index (χ4v) is 4.41. The molecule has 10 heteroatoms. The van der Waals surface area contributed by atoms with E-state index in [0.29, 0.717) is 35.1 Å². The second-order valence-electron chi connectivity index (χ2n) is 8.45. The van der Waals surface area contributed by atoms with Crippen LogP contribution in [0, 0.1) is 0 Å². The van der Waals surface area contributed by atoms with E-state index >= 15 is 0 Å². The molecule has 0 radical (unpaired) electrons. The molecule has 1 aromatic heterocycles. The zero-order chi connectivity index (χ0) is 26.2. The molecule has 0 atom stereocenters. The van der Waals surface area contributed by atoms with Crippen LogP contribution in [0.3, 0.4) is 0 Å². The molecule has 192 valence electrons. The van der Waals surface area contributed by atoms with Gasteiger partial charge in [-0.3, -0.25) is 9.69 Å². The second kappa shape index (κ2) is 9.99. The van der Waals surface area contributed by atoms with Crippen molar-refractivity contribution in [1.82, 2.24) is 4.90 Å². The lowest BCUT2D eigenvalue weighted by Crippen LogP contribution is -2.34. The number of rotatable bonds is 6. The molecule has 0 spiro atoms. The highest BCUT2D eigenvalue weighted by molar-refractivity contribution is 6.31. The van der Waals surface area contributed by atoms with Gasteiger partial charge >= 0.3 is 6.18 Å². The molecule has 5 rings (SSSR count). The number of nitrogens with zero attached hydrogens (tertiary/aromatic N) is 1. The Hall–Kier alpha value is -3.69. The van der Waals surface area contributed by atoms with Gasteiger partial charge in [0.05, 0.1) is 18.1 Å². The van der Waals surface area contributed by atoms with Gasteiger partial charge in [0, 0.05) is 24.2 Å². The molecule has 2 heterocycles. The topological polar surface area (TPSA) is 61.1 Å². The molecule has 37 heavy (non-hydrogen) atoms. The molecular formula is C27H21ClF3NO5. The Morgan fingerprint density at radius 2 is 1.84 bits per heavy atom. The maximum absolute atomic E-state index is 14.1. The van der Waals surface area contributed by atoms with Crippen molar-refractivity contribution in [2.45, 2.75) is 19.1 Å². The van der Waals surface area contributed by atoms with Crippen LogP contribution >= 0.6 is 11.6 Å². The predicted octanol–water partition coefficient (Wildman–Crippen LogP) is 6.66. The van der Waals surface area contributed by atoms with E-state index in [2.05, 4.69) is 0 Å². The van der Waals surface area contributed by atoms with Gasteiger partial charge in [-0.1, -0.05) is 35.9 Å². The summed E-state index contributed by atoms with van der Waals surface area (Å²) in [5, 5.41) is 0.594. The quantitative estimate of drug-likeness (QED) is 0.277. The highest BCUT2D eigenvalue weighted by Crippen LogP contribution is 2.41. The van der Waals surface area contributed by atoms with Gasteiger partial charge in [0.2, 0.25) is 11.2 Å². The number of methoxy groups -OCH3 is 1. The van der Waals surface area contributed by atoms with Crippen molar-refractivity contribution < 1.29 is 31.8 Å². The van der Waals surface area contributed by atoms with Crippen molar-refractivity contribution in [3.05, 3.63) is 92.8 Å². The third-order valence-electron chi connectivity index (χ3n) is 6.04. The van der Waals surface area contributed by atoms with Gasteiger partial charge < -0.3 is 18.6 Å². The van der Waals surface area contributed by atoms with Crippen molar-refractivity contribution in [2.24, 2.45) is 0 Å². The van der Waals surface area contributed by atoms with E-state index in [-0.39, 0.29) is 30.0 Å². The lowest BCUT2D eigenvalue weighted by Gasteiger charge is -2.29. The van der Waals surface area contributed by atoms with Gasteiger partial charge in [0.15, 0.2) is 0 Å². The minimum atomic E-state index is -4.98. The smallest absolute Gasteiger partial charge is 0.453 e. The second-order valence-corrected chi connectivity index (χ2v) is 8.86. The van der Waals surface area contributed by atoms with Gasteiger partial charge in [-0.2, -0.15) is 13.2 Å². The average Bonchev–Trinajstić information content (AvgIpc) is 2.89. The Balaban J connectivity index is 1.53. The molecule has 0 fully saturated rings. The number of hydrogen-bond donors (Lipinski definition) is 0. The summed E-state index contributed by atoms with van der Waals surface area (Å²) in [5.41, 5.74) is 0.180. The first-order chi connectivity index (χ1) is 17.7. The largest absolute Gasteiger partial charge is 0.497 e. The van der Waals surface area contributed by atoms with Crippen LogP contribution in [0.1, 0.15) is 16.9 Å². The molecule has 0 aliphatic carbocycles. The minimum Gasteiger partial charge on any atom is -0.497 e. The molecule has 0 N–H and O–H groups in total. The van der Waals surface area contributed by atoms with Crippen LogP contribution in [0.5, 0.6) is 23.0 Å². The number of halogens is 4. The Bertz CT molecular complexity index is 1520. The highest BCUT2D eigenvalue weighted by Gasteiger charge is 2.41. The first kappa shape index (κ1) is 25.0. The van der Waals surface area contributed by atoms with Gasteiger partial charge in [-0.25, -0.2) is 0 Å². The van der Waals surface area contributed by atoms with E-state index in [1.54, 1.807) is 18.2 Å². The molecule has 4 aromatic rings. The van der Waals surface area contributed by atoms with Crippen LogP contribution in [0.2, 0.25) is 5.02 Å². The van der Waals surface area contributed by atoms with Crippen molar-refractivity contribution in [1.29, 1.82) is 0 Å². The molecular weight excluding hydrogens is 511 g/mol. The number of hydrogen-bond acceptors (Lipinski definition) is 6. The van der Waals surface area contributed by atoms with Crippen LogP contribution in [0.25, 0.3) is 11.0 Å². The molecule has 3 aromatic carbocycles. The van der Waals surface area contributed by atoms with Crippen LogP contribution in [0.15, 0.2) is 69.9 Å². The van der Waals surface area contributed by atoms with E-state index in [4.69, 9.17) is 30.2 Å². The van der Waals surface area contributed by atoms with E-state index < -0.39 is 23.1 Å². The van der Waals surface area contributed by atoms with Crippen LogP contribution in [-0.2, 0) is 19.1 Å². The molecule has 0 saturated heterocycles. The normalized spacial score (nSPS) is 13.8. The number of benzene rings is 3. The molecule has 6 nitrogen and oxygen atoms in total. The molecule has 0 saturated carbocycles. The number of ether oxygens (including phenoxy) is 3. The van der Waals surface area contributed by atoms with Gasteiger partial charge in [0.1, 0.15) is 29.6 Å². The Labute approximate surface area is 214 Å². The SMILES string of the molecule is COc1cccc(Oc2c(C(F)(F)F)oc3c4c(ccc3c2=O)OCN(CCc2ccccc2Cl)C4)c1. The van der Waals surface area contributed by atoms with Crippen molar-refractivity contribution in [2.75, 3.05) is 20.4 Å². The molecule has 0 amide bonds. The molecule has 0 bridgehead atoms. The summed E-state index contributed by atoms with van der Waals surface area (Å²) < 4.78 is 63.9. The Morgan fingerprint density at radius 3 is 2.59 bits per heavy atom. The third kappa shape index (κ3) is 5.10. The summed E-state index contributed by atoms with van der Waals surface area (Å²) in [5.74, 6) is -1.74. The summed E-state index contributed by atoms with van der Waals surface area (Å²) in [7, 11) is 1.41. The van der Waals surface area contributed by atoms with Crippen LogP contribution in [-0.4, -0.2) is 25.3 Å². The fourth-order valence-electron chi connectivity index (χ4n) is 4.18. The molecule has 1 aliphatic heterocycles.